The zero-order valence-corrected chi connectivity index (χ0v) is 57.9. The number of hydrogen-bond acceptors (Lipinski definition) is 8. The molecule has 0 spiro atoms. The molecule has 10 heteroatoms. The van der Waals surface area contributed by atoms with Gasteiger partial charge in [0.15, 0.2) is 0 Å². The van der Waals surface area contributed by atoms with E-state index in [1.807, 2.05) is 0 Å². The Morgan fingerprint density at radius 1 is 0.432 bits per heavy atom. The van der Waals surface area contributed by atoms with Crippen molar-refractivity contribution in [2.45, 2.75) is 195 Å². The molecule has 8 nitrogen and oxygen atoms in total. The number of rotatable bonds is 27. The number of hydrogen-bond donors (Lipinski definition) is 2. The highest BCUT2D eigenvalue weighted by molar-refractivity contribution is 9.10. The molecule has 8 fully saturated rings. The van der Waals surface area contributed by atoms with Crippen LogP contribution in [0.1, 0.15) is 183 Å². The van der Waals surface area contributed by atoms with Crippen molar-refractivity contribution in [2.75, 3.05) is 63.4 Å². The first-order chi connectivity index (χ1) is 42.7. The largest absolute Gasteiger partial charge is 0.494 e. The van der Waals surface area contributed by atoms with Crippen LogP contribution >= 0.6 is 31.9 Å². The molecule has 4 aromatic carbocycles. The Balaban J connectivity index is 0.506. The van der Waals surface area contributed by atoms with E-state index in [1.54, 1.807) is 0 Å². The molecule has 0 unspecified atom stereocenters. The van der Waals surface area contributed by atoms with Crippen LogP contribution in [0.2, 0.25) is 0 Å². The van der Waals surface area contributed by atoms with Crippen molar-refractivity contribution in [3.05, 3.63) is 106 Å². The van der Waals surface area contributed by atoms with Crippen molar-refractivity contribution in [1.29, 1.82) is 0 Å². The average molecular weight is 1330 g/mol. The standard InChI is InChI=1S/C78H110Br2N2O6/c1-53(13-11-41-85-61-19-7-15-57(79)49-61)69-27-29-71-67-25-23-55-47-65(31-35-75(55,3)73(67)33-37-77(69,71)5)87-63-21-9-17-59(51-63)81-39-43-83-45-46-84-44-40-82-60-18-10-22-64(52-60)88-66-32-36-76(4)56(48-66)24-26-68-72-30-28-70(78(72,6)38-34-74(68)76)54(2)14-12-42-86-62-20-8-16-58(80)50-62/h7-10,15-22,49-56,65-74,81-82H,11-14,23-48H2,1-6H3/t53-,54-,55-,56-,65+,66+,67+,68+,69-,70-,71+,72+,73+,74+,75+,76+,77-,78-/m1/s1. The van der Waals surface area contributed by atoms with E-state index in [-0.39, 0.29) is 0 Å². The summed E-state index contributed by atoms with van der Waals surface area (Å²) in [6.07, 6.45) is 29.8. The Labute approximate surface area is 548 Å². The van der Waals surface area contributed by atoms with E-state index in [0.29, 0.717) is 60.3 Å². The van der Waals surface area contributed by atoms with Crippen molar-refractivity contribution in [1.82, 2.24) is 0 Å². The second kappa shape index (κ2) is 28.8. The van der Waals surface area contributed by atoms with Gasteiger partial charge in [-0.3, -0.25) is 0 Å². The van der Waals surface area contributed by atoms with Crippen LogP contribution < -0.4 is 29.6 Å². The van der Waals surface area contributed by atoms with Gasteiger partial charge in [-0.2, -0.15) is 0 Å². The molecule has 0 bridgehead atoms. The SMILES string of the molecule is C[C@H](CCCOc1cccc(Br)c1)[C@H]1CC[C@H]2[C@@H]3CC[C@@H]4C[C@@H](Oc5cccc(NCCOCCOCCNc6cccc(O[C@H]7CC[C@@]8(C)[C@H](CC[C@@H]9[C@@H]8CC[C@]8(C)[C@@H]([C@H](C)CCCOc%10cccc(Br)c%10)CC[C@@H]98)C7)c6)c5)CC[C@]4(C)[C@H]3CC[C@]12C. The lowest BCUT2D eigenvalue weighted by molar-refractivity contribution is -0.126. The molecule has 0 radical (unpaired) electrons. The van der Waals surface area contributed by atoms with Crippen molar-refractivity contribution in [2.24, 2.45) is 92.7 Å². The summed E-state index contributed by atoms with van der Waals surface area (Å²) >= 11 is 7.17. The third-order valence-corrected chi connectivity index (χ3v) is 27.3. The normalized spacial score (nSPS) is 35.4. The van der Waals surface area contributed by atoms with Crippen molar-refractivity contribution in [3.63, 3.8) is 0 Å². The first-order valence-electron chi connectivity index (χ1n) is 35.6. The molecule has 0 saturated heterocycles. The molecule has 8 aliphatic carbocycles. The molecule has 0 aliphatic heterocycles. The van der Waals surface area contributed by atoms with Crippen LogP contribution in [-0.2, 0) is 9.47 Å². The lowest BCUT2D eigenvalue weighted by atomic mass is 9.44. The zero-order chi connectivity index (χ0) is 60.9. The van der Waals surface area contributed by atoms with Crippen LogP contribution in [0.5, 0.6) is 23.0 Å². The summed E-state index contributed by atoms with van der Waals surface area (Å²) in [4.78, 5) is 0. The van der Waals surface area contributed by atoms with Gasteiger partial charge in [-0.15, -0.1) is 0 Å². The Hall–Kier alpha value is -3.44. The maximum absolute atomic E-state index is 6.83. The van der Waals surface area contributed by atoms with E-state index >= 15 is 0 Å². The molecule has 0 aromatic heterocycles. The number of halogens is 2. The smallest absolute Gasteiger partial charge is 0.121 e. The van der Waals surface area contributed by atoms with Crippen molar-refractivity contribution < 1.29 is 28.4 Å². The van der Waals surface area contributed by atoms with Gasteiger partial charge in [0.1, 0.15) is 23.0 Å². The number of anilines is 2. The second-order valence-corrected chi connectivity index (χ2v) is 32.6. The minimum Gasteiger partial charge on any atom is -0.494 e. The zero-order valence-electron chi connectivity index (χ0n) is 54.7. The Morgan fingerprint density at radius 2 is 0.841 bits per heavy atom. The molecule has 12 rings (SSSR count). The highest BCUT2D eigenvalue weighted by Gasteiger charge is 2.62. The summed E-state index contributed by atoms with van der Waals surface area (Å²) in [5.74, 6) is 14.0. The lowest BCUT2D eigenvalue weighted by Crippen LogP contribution is -2.54. The second-order valence-electron chi connectivity index (χ2n) is 30.8. The summed E-state index contributed by atoms with van der Waals surface area (Å²) in [5, 5.41) is 7.17. The molecule has 482 valence electrons. The average Bonchev–Trinajstić information content (AvgIpc) is 1.47. The topological polar surface area (TPSA) is 79.4 Å². The predicted octanol–water partition coefficient (Wildman–Crippen LogP) is 20.6. The van der Waals surface area contributed by atoms with Gasteiger partial charge in [0.05, 0.1) is 51.8 Å². The van der Waals surface area contributed by atoms with E-state index in [0.717, 1.165) is 153 Å². The fraction of sp³-hybridized carbons (Fsp3) is 0.692. The van der Waals surface area contributed by atoms with E-state index in [4.69, 9.17) is 28.4 Å². The monoisotopic (exact) mass is 1330 g/mol. The van der Waals surface area contributed by atoms with E-state index in [9.17, 15) is 0 Å². The Morgan fingerprint density at radius 3 is 1.28 bits per heavy atom. The molecule has 8 aliphatic rings. The first kappa shape index (κ1) is 64.7. The Bertz CT molecular complexity index is 2700. The van der Waals surface area contributed by atoms with Gasteiger partial charge in [-0.25, -0.2) is 0 Å². The maximum Gasteiger partial charge on any atom is 0.121 e. The molecule has 8 saturated carbocycles. The van der Waals surface area contributed by atoms with Crippen LogP contribution in [0.3, 0.4) is 0 Å². The maximum atomic E-state index is 6.83. The van der Waals surface area contributed by atoms with Crippen molar-refractivity contribution in [3.8, 4) is 23.0 Å². The minimum absolute atomic E-state index is 0.298. The summed E-state index contributed by atoms with van der Waals surface area (Å²) in [7, 11) is 0. The number of benzene rings is 4. The molecule has 18 atom stereocenters. The van der Waals surface area contributed by atoms with Crippen LogP contribution in [-0.4, -0.2) is 64.9 Å². The van der Waals surface area contributed by atoms with Crippen LogP contribution in [0, 0.1) is 92.7 Å². The van der Waals surface area contributed by atoms with E-state index < -0.39 is 0 Å². The lowest BCUT2D eigenvalue weighted by Gasteiger charge is -2.61. The van der Waals surface area contributed by atoms with E-state index in [2.05, 4.69) is 181 Å². The van der Waals surface area contributed by atoms with Gasteiger partial charge in [-0.05, 0) is 295 Å². The summed E-state index contributed by atoms with van der Waals surface area (Å²) in [6.45, 7) is 21.5. The van der Waals surface area contributed by atoms with E-state index in [1.165, 1.54) is 128 Å². The van der Waals surface area contributed by atoms with Gasteiger partial charge in [0.25, 0.3) is 0 Å². The molecular weight excluding hydrogens is 1220 g/mol. The molecule has 4 aromatic rings. The molecule has 0 heterocycles. The minimum atomic E-state index is 0.298. The van der Waals surface area contributed by atoms with Gasteiger partial charge in [0, 0.05) is 45.5 Å². The third kappa shape index (κ3) is 14.4. The van der Waals surface area contributed by atoms with Gasteiger partial charge >= 0.3 is 0 Å². The fourth-order valence-corrected chi connectivity index (χ4v) is 22.7. The van der Waals surface area contributed by atoms with Crippen LogP contribution in [0.25, 0.3) is 0 Å². The molecule has 88 heavy (non-hydrogen) atoms. The summed E-state index contributed by atoms with van der Waals surface area (Å²) in [5.41, 5.74) is 4.07. The molecule has 2 N–H and O–H groups in total. The van der Waals surface area contributed by atoms with Crippen LogP contribution in [0.4, 0.5) is 11.4 Å². The summed E-state index contributed by atoms with van der Waals surface area (Å²) in [6, 6.07) is 33.7. The Kier molecular flexibility index (Phi) is 21.2. The van der Waals surface area contributed by atoms with Crippen LogP contribution in [0.15, 0.2) is 106 Å². The fourth-order valence-electron chi connectivity index (χ4n) is 21.9. The number of ether oxygens (including phenoxy) is 6. The van der Waals surface area contributed by atoms with Crippen molar-refractivity contribution >= 4 is 43.2 Å². The molecular formula is C78H110Br2N2O6. The third-order valence-electron chi connectivity index (χ3n) is 26.3. The van der Waals surface area contributed by atoms with Gasteiger partial charge in [-0.1, -0.05) is 97.7 Å². The summed E-state index contributed by atoms with van der Waals surface area (Å²) < 4.78 is 40.1. The first-order valence-corrected chi connectivity index (χ1v) is 37.2. The predicted molar refractivity (Wildman–Crippen MR) is 367 cm³/mol. The number of fused-ring (bicyclic) bond motifs is 10. The highest BCUT2D eigenvalue weighted by atomic mass is 79.9. The highest BCUT2D eigenvalue weighted by Crippen LogP contribution is 2.70. The molecule has 0 amide bonds. The number of nitrogens with one attached hydrogen (secondary N) is 2. The van der Waals surface area contributed by atoms with Gasteiger partial charge < -0.3 is 39.1 Å². The van der Waals surface area contributed by atoms with Gasteiger partial charge in [0.2, 0.25) is 0 Å². The quantitative estimate of drug-likeness (QED) is 0.0572.